The summed E-state index contributed by atoms with van der Waals surface area (Å²) in [6.07, 6.45) is 6.14. The molecule has 1 heterocycles. The molecule has 9 heteroatoms. The molecular formula is C21H32BN3O5. The lowest BCUT2D eigenvalue weighted by Crippen LogP contribution is -2.53. The standard InChI is InChI=1S/C21H32BN3O5/c1-23-10-11-24-16-6-2-4-14(8-9-16)12-19(26)25-18-13-15-5-3-7-17(21(27)28)20(15)30-22(18)29/h3,5,7,14,16,18,23-24,29H,2,4,6,8-13H2,1H3,(H,25,26)(H,27,28)/t14?,16?,18-/m0/s1. The monoisotopic (exact) mass is 417 g/mol. The Morgan fingerprint density at radius 3 is 2.80 bits per heavy atom. The molecule has 0 saturated heterocycles. The van der Waals surface area contributed by atoms with Crippen molar-refractivity contribution in [2.45, 2.75) is 56.9 Å². The molecule has 8 nitrogen and oxygen atoms in total. The second-order valence-corrected chi connectivity index (χ2v) is 8.32. The molecule has 1 amide bonds. The van der Waals surface area contributed by atoms with Crippen LogP contribution < -0.4 is 20.6 Å². The van der Waals surface area contributed by atoms with Crippen molar-refractivity contribution in [1.82, 2.24) is 16.0 Å². The van der Waals surface area contributed by atoms with E-state index in [4.69, 9.17) is 4.65 Å². The van der Waals surface area contributed by atoms with Crippen LogP contribution in [0.3, 0.4) is 0 Å². The minimum Gasteiger partial charge on any atom is -0.534 e. The number of carboxylic acid groups (broad SMARTS) is 1. The van der Waals surface area contributed by atoms with Crippen LogP contribution in [0.2, 0.25) is 0 Å². The van der Waals surface area contributed by atoms with Crippen LogP contribution in [0.15, 0.2) is 18.2 Å². The van der Waals surface area contributed by atoms with Crippen LogP contribution in [0.5, 0.6) is 5.75 Å². The molecule has 3 rings (SSSR count). The number of hydrogen-bond donors (Lipinski definition) is 5. The third-order valence-corrected chi connectivity index (χ3v) is 6.07. The number of amides is 1. The van der Waals surface area contributed by atoms with Crippen molar-refractivity contribution in [1.29, 1.82) is 0 Å². The lowest BCUT2D eigenvalue weighted by molar-refractivity contribution is -0.122. The first-order valence-corrected chi connectivity index (χ1v) is 10.8. The molecule has 1 aromatic rings. The van der Waals surface area contributed by atoms with Gasteiger partial charge in [0.05, 0.1) is 11.5 Å². The van der Waals surface area contributed by atoms with E-state index in [0.29, 0.717) is 30.4 Å². The molecule has 0 bridgehead atoms. The molecule has 3 atom stereocenters. The van der Waals surface area contributed by atoms with Crippen LogP contribution in [-0.4, -0.2) is 61.2 Å². The number of rotatable bonds is 8. The predicted molar refractivity (Wildman–Crippen MR) is 115 cm³/mol. The van der Waals surface area contributed by atoms with Crippen molar-refractivity contribution in [3.05, 3.63) is 29.3 Å². The number of nitrogens with one attached hydrogen (secondary N) is 3. The first-order valence-electron chi connectivity index (χ1n) is 10.8. The van der Waals surface area contributed by atoms with Crippen molar-refractivity contribution in [2.24, 2.45) is 5.92 Å². The molecule has 1 aliphatic heterocycles. The zero-order chi connectivity index (χ0) is 21.5. The molecule has 1 aliphatic carbocycles. The number of aromatic carboxylic acids is 1. The van der Waals surface area contributed by atoms with Gasteiger partial charge in [0.1, 0.15) is 5.75 Å². The van der Waals surface area contributed by atoms with Crippen LogP contribution in [-0.2, 0) is 11.2 Å². The van der Waals surface area contributed by atoms with E-state index in [1.807, 2.05) is 7.05 Å². The smallest absolute Gasteiger partial charge is 0.534 e. The number of likely N-dealkylation sites (N-methyl/N-ethyl adjacent to an activating group) is 1. The zero-order valence-corrected chi connectivity index (χ0v) is 17.5. The molecule has 0 spiro atoms. The normalized spacial score (nSPS) is 23.8. The Morgan fingerprint density at radius 1 is 1.20 bits per heavy atom. The number of hydrogen-bond acceptors (Lipinski definition) is 6. The number of carboxylic acids is 1. The van der Waals surface area contributed by atoms with E-state index in [1.165, 1.54) is 6.07 Å². The first kappa shape index (κ1) is 22.6. The fraction of sp³-hybridized carbons (Fsp3) is 0.619. The summed E-state index contributed by atoms with van der Waals surface area (Å²) >= 11 is 0. The van der Waals surface area contributed by atoms with Crippen LogP contribution in [0.1, 0.15) is 54.4 Å². The SMILES string of the molecule is CNCCNC1CCCC(CC(=O)N[C@H]2Cc3cccc(C(=O)O)c3OB2O)CC1. The molecule has 1 aromatic carbocycles. The molecular weight excluding hydrogens is 385 g/mol. The first-order chi connectivity index (χ1) is 14.5. The Balaban J connectivity index is 1.50. The van der Waals surface area contributed by atoms with Crippen molar-refractivity contribution in [3.8, 4) is 5.75 Å². The van der Waals surface area contributed by atoms with Gasteiger partial charge in [0, 0.05) is 25.6 Å². The van der Waals surface area contributed by atoms with Gasteiger partial charge in [0.25, 0.3) is 0 Å². The highest BCUT2D eigenvalue weighted by molar-refractivity contribution is 6.47. The molecule has 164 valence electrons. The Kier molecular flexibility index (Phi) is 8.12. The van der Waals surface area contributed by atoms with Gasteiger partial charge in [-0.15, -0.1) is 0 Å². The van der Waals surface area contributed by atoms with Crippen LogP contribution >= 0.6 is 0 Å². The molecule has 0 aromatic heterocycles. The van der Waals surface area contributed by atoms with Gasteiger partial charge in [-0.3, -0.25) is 4.79 Å². The van der Waals surface area contributed by atoms with Crippen LogP contribution in [0, 0.1) is 5.92 Å². The Labute approximate surface area is 177 Å². The Hall–Kier alpha value is -2.10. The van der Waals surface area contributed by atoms with Crippen LogP contribution in [0.4, 0.5) is 0 Å². The maximum absolute atomic E-state index is 12.6. The van der Waals surface area contributed by atoms with Gasteiger partial charge in [0.15, 0.2) is 0 Å². The van der Waals surface area contributed by atoms with E-state index in [0.717, 1.165) is 45.2 Å². The number of benzene rings is 1. The molecule has 5 N–H and O–H groups in total. The van der Waals surface area contributed by atoms with E-state index in [9.17, 15) is 19.7 Å². The predicted octanol–water partition coefficient (Wildman–Crippen LogP) is 0.972. The number of fused-ring (bicyclic) bond motifs is 1. The molecule has 1 fully saturated rings. The molecule has 30 heavy (non-hydrogen) atoms. The zero-order valence-electron chi connectivity index (χ0n) is 17.5. The second kappa shape index (κ2) is 10.8. The molecule has 2 aliphatic rings. The van der Waals surface area contributed by atoms with Crippen LogP contribution in [0.25, 0.3) is 0 Å². The number of para-hydroxylation sites is 1. The van der Waals surface area contributed by atoms with E-state index in [2.05, 4.69) is 16.0 Å². The summed E-state index contributed by atoms with van der Waals surface area (Å²) in [6.45, 7) is 1.90. The largest absolute Gasteiger partial charge is 0.547 e. The van der Waals surface area contributed by atoms with Gasteiger partial charge < -0.3 is 30.7 Å². The quantitative estimate of drug-likeness (QED) is 0.243. The van der Waals surface area contributed by atoms with Gasteiger partial charge >= 0.3 is 13.1 Å². The van der Waals surface area contributed by atoms with E-state index < -0.39 is 19.0 Å². The summed E-state index contributed by atoms with van der Waals surface area (Å²) in [7, 11) is 0.679. The van der Waals surface area contributed by atoms with Gasteiger partial charge in [-0.05, 0) is 56.7 Å². The maximum Gasteiger partial charge on any atom is 0.547 e. The lowest BCUT2D eigenvalue weighted by atomic mass is 9.72. The van der Waals surface area contributed by atoms with Gasteiger partial charge in [0.2, 0.25) is 5.91 Å². The highest BCUT2D eigenvalue weighted by atomic mass is 16.5. The highest BCUT2D eigenvalue weighted by Crippen LogP contribution is 2.30. The summed E-state index contributed by atoms with van der Waals surface area (Å²) in [5, 5.41) is 29.2. The van der Waals surface area contributed by atoms with Gasteiger partial charge in [-0.25, -0.2) is 4.79 Å². The lowest BCUT2D eigenvalue weighted by Gasteiger charge is -2.29. The minimum atomic E-state index is -1.27. The second-order valence-electron chi connectivity index (χ2n) is 8.32. The fourth-order valence-corrected chi connectivity index (χ4v) is 4.43. The van der Waals surface area contributed by atoms with Crippen molar-refractivity contribution in [3.63, 3.8) is 0 Å². The Morgan fingerprint density at radius 2 is 2.03 bits per heavy atom. The Bertz CT molecular complexity index is 747. The van der Waals surface area contributed by atoms with E-state index in [1.54, 1.807) is 12.1 Å². The average Bonchev–Trinajstić information content (AvgIpc) is 2.93. The van der Waals surface area contributed by atoms with E-state index >= 15 is 0 Å². The maximum atomic E-state index is 12.6. The van der Waals surface area contributed by atoms with Crippen molar-refractivity contribution >= 4 is 19.0 Å². The van der Waals surface area contributed by atoms with Gasteiger partial charge in [-0.2, -0.15) is 0 Å². The summed E-state index contributed by atoms with van der Waals surface area (Å²) in [5.41, 5.74) is 0.697. The minimum absolute atomic E-state index is 0.0210. The summed E-state index contributed by atoms with van der Waals surface area (Å²) in [4.78, 5) is 24.0. The number of carbonyl (C=O) groups excluding carboxylic acids is 1. The molecule has 1 saturated carbocycles. The highest BCUT2D eigenvalue weighted by Gasteiger charge is 2.38. The van der Waals surface area contributed by atoms with Crippen molar-refractivity contribution in [2.75, 3.05) is 20.1 Å². The third-order valence-electron chi connectivity index (χ3n) is 6.07. The molecule has 2 unspecified atom stereocenters. The summed E-state index contributed by atoms with van der Waals surface area (Å²) < 4.78 is 5.46. The topological polar surface area (TPSA) is 120 Å². The average molecular weight is 417 g/mol. The molecule has 0 radical (unpaired) electrons. The third kappa shape index (κ3) is 5.96. The van der Waals surface area contributed by atoms with Gasteiger partial charge in [-0.1, -0.05) is 18.6 Å². The van der Waals surface area contributed by atoms with E-state index in [-0.39, 0.29) is 17.2 Å². The fourth-order valence-electron chi connectivity index (χ4n) is 4.43. The summed E-state index contributed by atoms with van der Waals surface area (Å²) in [5.74, 6) is -1.26. The number of carbonyl (C=O) groups is 2. The summed E-state index contributed by atoms with van der Waals surface area (Å²) in [6, 6.07) is 5.37. The van der Waals surface area contributed by atoms with Crippen molar-refractivity contribution < 1.29 is 24.4 Å².